The van der Waals surface area contributed by atoms with E-state index in [0.29, 0.717) is 12.5 Å². The Morgan fingerprint density at radius 2 is 2.12 bits per heavy atom. The smallest absolute Gasteiger partial charge is 0.224 e. The quantitative estimate of drug-likeness (QED) is 0.832. The molecule has 2 aliphatic heterocycles. The zero-order valence-electron chi connectivity index (χ0n) is 13.9. The molecule has 2 aliphatic rings. The van der Waals surface area contributed by atoms with Gasteiger partial charge in [0.2, 0.25) is 5.91 Å². The molecule has 0 aromatic carbocycles. The van der Waals surface area contributed by atoms with Gasteiger partial charge in [0, 0.05) is 69.3 Å². The van der Waals surface area contributed by atoms with Crippen molar-refractivity contribution in [2.45, 2.75) is 25.9 Å². The second-order valence-electron chi connectivity index (χ2n) is 6.02. The van der Waals surface area contributed by atoms with Gasteiger partial charge in [-0.05, 0) is 6.92 Å². The predicted molar refractivity (Wildman–Crippen MR) is 101 cm³/mol. The van der Waals surface area contributed by atoms with Gasteiger partial charge >= 0.3 is 0 Å². The van der Waals surface area contributed by atoms with Crippen LogP contribution in [-0.2, 0) is 11.3 Å². The number of aromatic nitrogens is 1. The molecule has 9 heteroatoms. The molecule has 0 bridgehead atoms. The van der Waals surface area contributed by atoms with Crippen LogP contribution in [0, 0.1) is 6.92 Å². The third-order valence-electron chi connectivity index (χ3n) is 4.21. The summed E-state index contributed by atoms with van der Waals surface area (Å²) >= 11 is 1.94. The summed E-state index contributed by atoms with van der Waals surface area (Å²) in [5.41, 5.74) is 0.973. The zero-order valence-corrected chi connectivity index (χ0v) is 16.4. The Hall–Kier alpha value is -0.470. The molecule has 1 N–H and O–H groups in total. The van der Waals surface area contributed by atoms with Crippen molar-refractivity contribution in [1.82, 2.24) is 20.3 Å². The molecule has 1 aromatic rings. The molecule has 3 heterocycles. The molecular formula is C15H26Cl2N4O2S. The van der Waals surface area contributed by atoms with Gasteiger partial charge in [-0.2, -0.15) is 11.8 Å². The maximum Gasteiger partial charge on any atom is 0.224 e. The first kappa shape index (κ1) is 21.6. The molecule has 0 saturated carbocycles. The maximum absolute atomic E-state index is 12.4. The standard InChI is InChI=1S/C15H24N4O2S.2ClH/c1-12-8-13(17-21-12)10-18-3-5-19(6-4-18)15(20)9-14-11-22-7-2-16-14;;/h8,14,16H,2-7,9-11H2,1H3;2*1H. The fourth-order valence-electron chi connectivity index (χ4n) is 2.97. The summed E-state index contributed by atoms with van der Waals surface area (Å²) in [6.07, 6.45) is 0.634. The van der Waals surface area contributed by atoms with Crippen molar-refractivity contribution in [2.75, 3.05) is 44.2 Å². The van der Waals surface area contributed by atoms with Crippen molar-refractivity contribution in [2.24, 2.45) is 0 Å². The molecule has 0 aliphatic carbocycles. The molecule has 0 spiro atoms. The Morgan fingerprint density at radius 3 is 2.71 bits per heavy atom. The third-order valence-corrected chi connectivity index (χ3v) is 5.34. The average molecular weight is 397 g/mol. The number of carbonyl (C=O) groups excluding carboxylic acids is 1. The van der Waals surface area contributed by atoms with Gasteiger partial charge in [-0.3, -0.25) is 9.69 Å². The summed E-state index contributed by atoms with van der Waals surface area (Å²) in [6, 6.07) is 2.33. The van der Waals surface area contributed by atoms with Crippen LogP contribution in [0.5, 0.6) is 0 Å². The van der Waals surface area contributed by atoms with Crippen molar-refractivity contribution < 1.29 is 9.32 Å². The molecule has 1 atom stereocenters. The minimum Gasteiger partial charge on any atom is -0.361 e. The lowest BCUT2D eigenvalue weighted by Gasteiger charge is -2.35. The number of halogens is 2. The predicted octanol–water partition coefficient (Wildman–Crippen LogP) is 1.57. The van der Waals surface area contributed by atoms with E-state index in [2.05, 4.69) is 15.4 Å². The van der Waals surface area contributed by atoms with Crippen molar-refractivity contribution >= 4 is 42.5 Å². The minimum absolute atomic E-state index is 0. The Bertz CT molecular complexity index is 503. The van der Waals surface area contributed by atoms with Gasteiger partial charge in [-0.15, -0.1) is 24.8 Å². The molecule has 0 radical (unpaired) electrons. The molecule has 2 fully saturated rings. The fourth-order valence-corrected chi connectivity index (χ4v) is 3.92. The highest BCUT2D eigenvalue weighted by atomic mass is 35.5. The van der Waals surface area contributed by atoms with Crippen LogP contribution in [0.15, 0.2) is 10.6 Å². The Kier molecular flexibility index (Phi) is 9.44. The molecule has 3 rings (SSSR count). The van der Waals surface area contributed by atoms with Crippen LogP contribution < -0.4 is 5.32 Å². The summed E-state index contributed by atoms with van der Waals surface area (Å²) < 4.78 is 5.10. The van der Waals surface area contributed by atoms with Crippen molar-refractivity contribution in [3.8, 4) is 0 Å². The number of nitrogens with zero attached hydrogens (tertiary/aromatic N) is 3. The summed E-state index contributed by atoms with van der Waals surface area (Å²) in [6.45, 7) is 7.18. The highest BCUT2D eigenvalue weighted by Gasteiger charge is 2.24. The molecule has 2 saturated heterocycles. The van der Waals surface area contributed by atoms with Crippen molar-refractivity contribution in [3.63, 3.8) is 0 Å². The molecule has 24 heavy (non-hydrogen) atoms. The Labute approximate surface area is 159 Å². The Balaban J connectivity index is 0.00000144. The van der Waals surface area contributed by atoms with E-state index < -0.39 is 0 Å². The highest BCUT2D eigenvalue weighted by molar-refractivity contribution is 7.99. The number of rotatable bonds is 4. The minimum atomic E-state index is 0. The van der Waals surface area contributed by atoms with E-state index in [-0.39, 0.29) is 30.7 Å². The number of aryl methyl sites for hydroxylation is 1. The Morgan fingerprint density at radius 1 is 1.38 bits per heavy atom. The number of nitrogens with one attached hydrogen (secondary N) is 1. The summed E-state index contributed by atoms with van der Waals surface area (Å²) in [7, 11) is 0. The lowest BCUT2D eigenvalue weighted by atomic mass is 10.2. The second-order valence-corrected chi connectivity index (χ2v) is 7.17. The van der Waals surface area contributed by atoms with Gasteiger partial charge in [0.25, 0.3) is 0 Å². The van der Waals surface area contributed by atoms with Crippen molar-refractivity contribution in [3.05, 3.63) is 17.5 Å². The van der Waals surface area contributed by atoms with Crippen LogP contribution in [0.25, 0.3) is 0 Å². The number of thioether (sulfide) groups is 1. The first-order chi connectivity index (χ1) is 10.7. The third kappa shape index (κ3) is 6.11. The van der Waals surface area contributed by atoms with Gasteiger partial charge in [0.05, 0.1) is 5.69 Å². The van der Waals surface area contributed by atoms with E-state index in [4.69, 9.17) is 4.52 Å². The van der Waals surface area contributed by atoms with E-state index >= 15 is 0 Å². The van der Waals surface area contributed by atoms with Crippen LogP contribution in [-0.4, -0.2) is 71.1 Å². The lowest BCUT2D eigenvalue weighted by molar-refractivity contribution is -0.133. The van der Waals surface area contributed by atoms with Crippen LogP contribution in [0.3, 0.4) is 0 Å². The van der Waals surface area contributed by atoms with Gasteiger partial charge < -0.3 is 14.7 Å². The van der Waals surface area contributed by atoms with Crippen LogP contribution in [0.1, 0.15) is 17.9 Å². The zero-order chi connectivity index (χ0) is 15.4. The average Bonchev–Trinajstić information content (AvgIpc) is 2.94. The highest BCUT2D eigenvalue weighted by Crippen LogP contribution is 2.13. The first-order valence-corrected chi connectivity index (χ1v) is 9.09. The first-order valence-electron chi connectivity index (χ1n) is 7.94. The lowest BCUT2D eigenvalue weighted by Crippen LogP contribution is -2.50. The van der Waals surface area contributed by atoms with Crippen LogP contribution >= 0.6 is 36.6 Å². The van der Waals surface area contributed by atoms with Gasteiger partial charge in [0.1, 0.15) is 5.76 Å². The summed E-state index contributed by atoms with van der Waals surface area (Å²) in [5, 5.41) is 7.47. The van der Waals surface area contributed by atoms with Crippen molar-refractivity contribution in [1.29, 1.82) is 0 Å². The number of amides is 1. The number of carbonyl (C=O) groups is 1. The fraction of sp³-hybridized carbons (Fsp3) is 0.733. The molecule has 1 unspecified atom stereocenters. The molecular weight excluding hydrogens is 371 g/mol. The van der Waals surface area contributed by atoms with E-state index in [1.807, 2.05) is 29.7 Å². The van der Waals surface area contributed by atoms with Crippen LogP contribution in [0.4, 0.5) is 0 Å². The SMILES string of the molecule is Cc1cc(CN2CCN(C(=O)CC3CSCCN3)CC2)no1.Cl.Cl. The monoisotopic (exact) mass is 396 g/mol. The molecule has 6 nitrogen and oxygen atoms in total. The summed E-state index contributed by atoms with van der Waals surface area (Å²) in [5.74, 6) is 3.35. The van der Waals surface area contributed by atoms with E-state index in [9.17, 15) is 4.79 Å². The molecule has 1 aromatic heterocycles. The number of hydrogen-bond acceptors (Lipinski definition) is 6. The van der Waals surface area contributed by atoms with Gasteiger partial charge in [-0.1, -0.05) is 5.16 Å². The van der Waals surface area contributed by atoms with Crippen LogP contribution in [0.2, 0.25) is 0 Å². The van der Waals surface area contributed by atoms with E-state index in [1.54, 1.807) is 0 Å². The second kappa shape index (κ2) is 10.5. The van der Waals surface area contributed by atoms with Gasteiger partial charge in [0.15, 0.2) is 0 Å². The van der Waals surface area contributed by atoms with E-state index in [1.165, 1.54) is 0 Å². The largest absolute Gasteiger partial charge is 0.361 e. The molecule has 138 valence electrons. The van der Waals surface area contributed by atoms with E-state index in [0.717, 1.165) is 62.2 Å². The molecule has 1 amide bonds. The van der Waals surface area contributed by atoms with Gasteiger partial charge in [-0.25, -0.2) is 0 Å². The topological polar surface area (TPSA) is 61.6 Å². The number of piperazine rings is 1. The summed E-state index contributed by atoms with van der Waals surface area (Å²) in [4.78, 5) is 16.7. The normalized spacial score (nSPS) is 21.7. The maximum atomic E-state index is 12.4. The number of hydrogen-bond donors (Lipinski definition) is 1.